The van der Waals surface area contributed by atoms with Gasteiger partial charge in [0.1, 0.15) is 5.76 Å². The Morgan fingerprint density at radius 2 is 2.19 bits per heavy atom. The molecule has 1 atom stereocenters. The lowest BCUT2D eigenvalue weighted by Gasteiger charge is -2.15. The topological polar surface area (TPSA) is 73.0 Å². The van der Waals surface area contributed by atoms with Crippen LogP contribution in [0.3, 0.4) is 0 Å². The zero-order valence-electron chi connectivity index (χ0n) is 16.1. The molecular weight excluding hydrogens is 340 g/mol. The van der Waals surface area contributed by atoms with Gasteiger partial charge in [0.05, 0.1) is 17.8 Å². The van der Waals surface area contributed by atoms with Gasteiger partial charge in [-0.25, -0.2) is 4.98 Å². The minimum absolute atomic E-state index is 0.0177. The molecule has 140 valence electrons. The van der Waals surface area contributed by atoms with E-state index in [9.17, 15) is 4.79 Å². The predicted molar refractivity (Wildman–Crippen MR) is 103 cm³/mol. The minimum Gasteiger partial charge on any atom is -0.440 e. The maximum Gasteiger partial charge on any atom is 0.274 e. The average molecular weight is 364 g/mol. The molecule has 1 aliphatic carbocycles. The van der Waals surface area contributed by atoms with E-state index in [1.807, 2.05) is 13.2 Å². The lowest BCUT2D eigenvalue weighted by Crippen LogP contribution is -2.28. The number of nitrogens with one attached hydrogen (secondary N) is 1. The third kappa shape index (κ3) is 3.27. The van der Waals surface area contributed by atoms with Crippen molar-refractivity contribution in [3.8, 4) is 11.5 Å². The first-order chi connectivity index (χ1) is 12.9. The molecule has 0 saturated heterocycles. The first kappa shape index (κ1) is 17.5. The van der Waals surface area contributed by atoms with E-state index in [2.05, 4.69) is 47.4 Å². The van der Waals surface area contributed by atoms with Crippen LogP contribution in [-0.4, -0.2) is 20.7 Å². The van der Waals surface area contributed by atoms with E-state index in [1.165, 1.54) is 16.7 Å². The summed E-state index contributed by atoms with van der Waals surface area (Å²) in [7, 11) is 1.83. The van der Waals surface area contributed by atoms with Gasteiger partial charge < -0.3 is 9.73 Å². The summed E-state index contributed by atoms with van der Waals surface area (Å²) in [6, 6.07) is 6.63. The molecule has 27 heavy (non-hydrogen) atoms. The van der Waals surface area contributed by atoms with E-state index in [0.717, 1.165) is 18.4 Å². The monoisotopic (exact) mass is 364 g/mol. The van der Waals surface area contributed by atoms with Crippen molar-refractivity contribution in [1.82, 2.24) is 20.1 Å². The number of carbonyl (C=O) groups excluding carboxylic acids is 1. The molecule has 0 aliphatic heterocycles. The summed E-state index contributed by atoms with van der Waals surface area (Å²) < 4.78 is 7.37. The second kappa shape index (κ2) is 6.68. The van der Waals surface area contributed by atoms with E-state index < -0.39 is 0 Å². The van der Waals surface area contributed by atoms with Crippen LogP contribution in [0.4, 0.5) is 0 Å². The van der Waals surface area contributed by atoms with Gasteiger partial charge >= 0.3 is 0 Å². The largest absolute Gasteiger partial charge is 0.440 e. The Kier molecular flexibility index (Phi) is 4.34. The molecule has 6 heteroatoms. The van der Waals surface area contributed by atoms with Crippen molar-refractivity contribution in [2.45, 2.75) is 45.6 Å². The van der Waals surface area contributed by atoms with Crippen molar-refractivity contribution < 1.29 is 9.21 Å². The Labute approximate surface area is 158 Å². The number of fused-ring (bicyclic) bond motifs is 1. The fourth-order valence-corrected chi connectivity index (χ4v) is 3.62. The molecule has 0 saturated carbocycles. The molecule has 0 spiro atoms. The second-order valence-corrected chi connectivity index (χ2v) is 7.50. The van der Waals surface area contributed by atoms with E-state index in [4.69, 9.17) is 4.42 Å². The van der Waals surface area contributed by atoms with E-state index in [0.29, 0.717) is 23.3 Å². The van der Waals surface area contributed by atoms with Crippen LogP contribution in [0.5, 0.6) is 0 Å². The Morgan fingerprint density at radius 1 is 1.37 bits per heavy atom. The highest BCUT2D eigenvalue weighted by Crippen LogP contribution is 2.34. The zero-order chi connectivity index (χ0) is 19.1. The Morgan fingerprint density at radius 3 is 2.89 bits per heavy atom. The maximum atomic E-state index is 12.8. The lowest BCUT2D eigenvalue weighted by atomic mass is 9.97. The van der Waals surface area contributed by atoms with Crippen molar-refractivity contribution >= 4 is 5.91 Å². The molecule has 3 aromatic rings. The van der Waals surface area contributed by atoms with Gasteiger partial charge in [0, 0.05) is 13.2 Å². The molecular formula is C21H24N4O2. The number of aryl methyl sites for hydroxylation is 3. The summed E-state index contributed by atoms with van der Waals surface area (Å²) in [5, 5.41) is 7.27. The van der Waals surface area contributed by atoms with Crippen molar-refractivity contribution in [2.75, 3.05) is 0 Å². The first-order valence-electron chi connectivity index (χ1n) is 9.32. The third-order valence-electron chi connectivity index (χ3n) is 5.18. The Balaban J connectivity index is 1.56. The maximum absolute atomic E-state index is 12.8. The fourth-order valence-electron chi connectivity index (χ4n) is 3.62. The predicted octanol–water partition coefficient (Wildman–Crippen LogP) is 3.92. The smallest absolute Gasteiger partial charge is 0.274 e. The first-order valence-corrected chi connectivity index (χ1v) is 9.32. The third-order valence-corrected chi connectivity index (χ3v) is 5.18. The quantitative estimate of drug-likeness (QED) is 0.761. The van der Waals surface area contributed by atoms with Gasteiger partial charge in [-0.05, 0) is 42.4 Å². The normalized spacial score (nSPS) is 16.0. The number of carbonyl (C=O) groups is 1. The summed E-state index contributed by atoms with van der Waals surface area (Å²) >= 11 is 0. The second-order valence-electron chi connectivity index (χ2n) is 7.50. The SMILES string of the molecule is Cc1oc(-c2cnn(C)c2)nc1C(=O)NC1CCc2ccc(C(C)C)cc21. The Bertz CT molecular complexity index is 1000. The van der Waals surface area contributed by atoms with E-state index >= 15 is 0 Å². The molecule has 0 radical (unpaired) electrons. The number of oxazole rings is 1. The number of benzene rings is 1. The summed E-state index contributed by atoms with van der Waals surface area (Å²) in [6.45, 7) is 6.13. The molecule has 1 aromatic carbocycles. The van der Waals surface area contributed by atoms with Gasteiger partial charge in [0.15, 0.2) is 5.69 Å². The van der Waals surface area contributed by atoms with Crippen LogP contribution >= 0.6 is 0 Å². The standard InChI is InChI=1S/C21H24N4O2/c1-12(2)15-6-5-14-7-8-18(17(14)9-15)23-20(26)19-13(3)27-21(24-19)16-10-22-25(4)11-16/h5-6,9-12,18H,7-8H2,1-4H3,(H,23,26). The van der Waals surface area contributed by atoms with Crippen LogP contribution in [0.1, 0.15) is 65.2 Å². The highest BCUT2D eigenvalue weighted by atomic mass is 16.4. The molecule has 1 N–H and O–H groups in total. The number of nitrogens with zero attached hydrogens (tertiary/aromatic N) is 3. The van der Waals surface area contributed by atoms with Gasteiger partial charge in [-0.2, -0.15) is 5.10 Å². The van der Waals surface area contributed by atoms with Crippen LogP contribution in [0.25, 0.3) is 11.5 Å². The summed E-state index contributed by atoms with van der Waals surface area (Å²) in [5.74, 6) is 1.20. The van der Waals surface area contributed by atoms with E-state index in [-0.39, 0.29) is 11.9 Å². The minimum atomic E-state index is -0.195. The summed E-state index contributed by atoms with van der Waals surface area (Å²) in [4.78, 5) is 17.3. The molecule has 6 nitrogen and oxygen atoms in total. The molecule has 1 amide bonds. The fraction of sp³-hybridized carbons (Fsp3) is 0.381. The summed E-state index contributed by atoms with van der Waals surface area (Å²) in [5.41, 5.74) is 4.93. The van der Waals surface area contributed by atoms with Crippen LogP contribution in [0.2, 0.25) is 0 Å². The van der Waals surface area contributed by atoms with Gasteiger partial charge in [0.25, 0.3) is 5.91 Å². The highest BCUT2D eigenvalue weighted by molar-refractivity contribution is 5.94. The van der Waals surface area contributed by atoms with E-state index in [1.54, 1.807) is 17.8 Å². The molecule has 0 bridgehead atoms. The van der Waals surface area contributed by atoms with Crippen molar-refractivity contribution in [3.05, 3.63) is 58.7 Å². The van der Waals surface area contributed by atoms with Crippen LogP contribution in [0.15, 0.2) is 35.0 Å². The number of hydrogen-bond donors (Lipinski definition) is 1. The van der Waals surface area contributed by atoms with Crippen LogP contribution < -0.4 is 5.32 Å². The number of aromatic nitrogens is 3. The highest BCUT2D eigenvalue weighted by Gasteiger charge is 2.27. The Hall–Kier alpha value is -2.89. The van der Waals surface area contributed by atoms with Crippen LogP contribution in [-0.2, 0) is 13.5 Å². The number of rotatable bonds is 4. The van der Waals surface area contributed by atoms with Crippen LogP contribution in [0, 0.1) is 6.92 Å². The van der Waals surface area contributed by atoms with Crippen molar-refractivity contribution in [2.24, 2.45) is 7.05 Å². The number of hydrogen-bond acceptors (Lipinski definition) is 4. The molecule has 1 unspecified atom stereocenters. The van der Waals surface area contributed by atoms with Crippen molar-refractivity contribution in [3.63, 3.8) is 0 Å². The number of amides is 1. The molecule has 1 aliphatic rings. The molecule has 0 fully saturated rings. The van der Waals surface area contributed by atoms with Gasteiger partial charge in [-0.15, -0.1) is 0 Å². The molecule has 4 rings (SSSR count). The van der Waals surface area contributed by atoms with Gasteiger partial charge in [0.2, 0.25) is 5.89 Å². The van der Waals surface area contributed by atoms with Crippen molar-refractivity contribution in [1.29, 1.82) is 0 Å². The summed E-state index contributed by atoms with van der Waals surface area (Å²) in [6.07, 6.45) is 5.38. The molecule has 2 heterocycles. The lowest BCUT2D eigenvalue weighted by molar-refractivity contribution is 0.0931. The van der Waals surface area contributed by atoms with Gasteiger partial charge in [-0.1, -0.05) is 32.0 Å². The average Bonchev–Trinajstić information content (AvgIpc) is 3.33. The zero-order valence-corrected chi connectivity index (χ0v) is 16.1. The molecule has 2 aromatic heterocycles. The van der Waals surface area contributed by atoms with Gasteiger partial charge in [-0.3, -0.25) is 9.48 Å².